The fraction of sp³-hybridized carbons (Fsp3) is 0.235. The molecule has 0 radical (unpaired) electrons. The molecule has 4 rings (SSSR count). The molecular weight excluding hydrogens is 329 g/mol. The van der Waals surface area contributed by atoms with Gasteiger partial charge in [0, 0.05) is 29.3 Å². The first-order valence-electron chi connectivity index (χ1n) is 7.59. The van der Waals surface area contributed by atoms with Crippen molar-refractivity contribution < 1.29 is 13.7 Å². The van der Waals surface area contributed by atoms with Crippen LogP contribution in [0.2, 0.25) is 0 Å². The van der Waals surface area contributed by atoms with Gasteiger partial charge in [-0.25, -0.2) is 4.39 Å². The summed E-state index contributed by atoms with van der Waals surface area (Å²) in [6.07, 6.45) is 0.369. The van der Waals surface area contributed by atoms with E-state index >= 15 is 0 Å². The molecule has 0 aliphatic carbocycles. The van der Waals surface area contributed by atoms with Crippen LogP contribution in [0.3, 0.4) is 0 Å². The number of hydrogen-bond donors (Lipinski definition) is 0. The number of likely N-dealkylation sites (tertiary alicyclic amines) is 1. The van der Waals surface area contributed by atoms with Crippen molar-refractivity contribution >= 4 is 17.2 Å². The second-order valence-electron chi connectivity index (χ2n) is 5.72. The maximum Gasteiger partial charge on any atom is 0.258 e. The van der Waals surface area contributed by atoms with E-state index in [1.165, 1.54) is 12.1 Å². The molecule has 0 saturated carbocycles. The fourth-order valence-corrected chi connectivity index (χ4v) is 3.55. The summed E-state index contributed by atoms with van der Waals surface area (Å²) in [5.41, 5.74) is 0.536. The maximum atomic E-state index is 13.3. The summed E-state index contributed by atoms with van der Waals surface area (Å²) in [4.78, 5) is 19.5. The Labute approximate surface area is 141 Å². The summed E-state index contributed by atoms with van der Waals surface area (Å²) in [7, 11) is 0. The zero-order valence-corrected chi connectivity index (χ0v) is 13.5. The van der Waals surface area contributed by atoms with E-state index in [1.807, 2.05) is 22.4 Å². The molecule has 3 aromatic rings. The van der Waals surface area contributed by atoms with E-state index in [-0.39, 0.29) is 23.5 Å². The second kappa shape index (κ2) is 6.16. The first-order chi connectivity index (χ1) is 11.7. The normalized spacial score (nSPS) is 17.6. The number of benzene rings is 1. The predicted octanol–water partition coefficient (Wildman–Crippen LogP) is 3.45. The quantitative estimate of drug-likeness (QED) is 0.728. The predicted molar refractivity (Wildman–Crippen MR) is 86.8 cm³/mol. The average Bonchev–Trinajstić information content (AvgIpc) is 3.30. The lowest BCUT2D eigenvalue weighted by Crippen LogP contribution is -2.23. The van der Waals surface area contributed by atoms with Gasteiger partial charge in [-0.05, 0) is 29.6 Å². The van der Waals surface area contributed by atoms with Crippen LogP contribution < -0.4 is 0 Å². The van der Waals surface area contributed by atoms with E-state index in [2.05, 4.69) is 10.1 Å². The largest absolute Gasteiger partial charge is 0.337 e. The Morgan fingerprint density at radius 3 is 3.04 bits per heavy atom. The molecule has 1 fully saturated rings. The highest BCUT2D eigenvalue weighted by molar-refractivity contribution is 7.09. The summed E-state index contributed by atoms with van der Waals surface area (Å²) >= 11 is 1.63. The number of aromatic nitrogens is 2. The van der Waals surface area contributed by atoms with Crippen LogP contribution in [0.25, 0.3) is 11.5 Å². The molecule has 0 bridgehead atoms. The minimum atomic E-state index is -0.356. The maximum absolute atomic E-state index is 13.3. The Morgan fingerprint density at radius 1 is 1.33 bits per heavy atom. The van der Waals surface area contributed by atoms with Gasteiger partial charge in [0.25, 0.3) is 5.89 Å². The Kier molecular flexibility index (Phi) is 3.86. The van der Waals surface area contributed by atoms with Crippen LogP contribution in [-0.2, 0) is 11.3 Å². The lowest BCUT2D eigenvalue weighted by atomic mass is 10.1. The van der Waals surface area contributed by atoms with Gasteiger partial charge in [0.2, 0.25) is 5.91 Å². The van der Waals surface area contributed by atoms with Gasteiger partial charge in [-0.1, -0.05) is 17.3 Å². The minimum absolute atomic E-state index is 0.0884. The third-order valence-corrected chi connectivity index (χ3v) is 4.88. The molecule has 1 atom stereocenters. The van der Waals surface area contributed by atoms with Crippen LogP contribution in [0.15, 0.2) is 46.3 Å². The van der Waals surface area contributed by atoms with Crippen molar-refractivity contribution in [2.75, 3.05) is 6.54 Å². The second-order valence-corrected chi connectivity index (χ2v) is 6.75. The zero-order chi connectivity index (χ0) is 16.5. The van der Waals surface area contributed by atoms with Gasteiger partial charge in [0.1, 0.15) is 5.82 Å². The standard InChI is InChI=1S/C17H14FN3O2S/c18-13-4-1-3-11(7-13)17-19-16(20-23-17)12-8-15(22)21(9-12)10-14-5-2-6-24-14/h1-7,12H,8-10H2/t12-/m1/s1. The van der Waals surface area contributed by atoms with Crippen LogP contribution in [0, 0.1) is 5.82 Å². The molecule has 7 heteroatoms. The summed E-state index contributed by atoms with van der Waals surface area (Å²) in [6.45, 7) is 1.18. The fourth-order valence-electron chi connectivity index (χ4n) is 2.83. The zero-order valence-electron chi connectivity index (χ0n) is 12.7. The monoisotopic (exact) mass is 343 g/mol. The third-order valence-electron chi connectivity index (χ3n) is 4.02. The molecule has 122 valence electrons. The van der Waals surface area contributed by atoms with Gasteiger partial charge in [-0.15, -0.1) is 11.3 Å². The van der Waals surface area contributed by atoms with Crippen molar-refractivity contribution in [3.63, 3.8) is 0 Å². The van der Waals surface area contributed by atoms with E-state index in [4.69, 9.17) is 4.52 Å². The third kappa shape index (κ3) is 2.94. The van der Waals surface area contributed by atoms with Crippen molar-refractivity contribution in [2.45, 2.75) is 18.9 Å². The Hall–Kier alpha value is -2.54. The minimum Gasteiger partial charge on any atom is -0.337 e. The SMILES string of the molecule is O=C1C[C@@H](c2noc(-c3cccc(F)c3)n2)CN1Cc1cccs1. The number of carbonyl (C=O) groups is 1. The first kappa shape index (κ1) is 15.0. The smallest absolute Gasteiger partial charge is 0.258 e. The lowest BCUT2D eigenvalue weighted by molar-refractivity contribution is -0.128. The highest BCUT2D eigenvalue weighted by Gasteiger charge is 2.33. The molecule has 5 nitrogen and oxygen atoms in total. The van der Waals surface area contributed by atoms with E-state index in [1.54, 1.807) is 23.5 Å². The van der Waals surface area contributed by atoms with Crippen molar-refractivity contribution in [3.8, 4) is 11.5 Å². The lowest BCUT2D eigenvalue weighted by Gasteiger charge is -2.14. The molecule has 1 saturated heterocycles. The molecular formula is C17H14FN3O2S. The van der Waals surface area contributed by atoms with Gasteiger partial charge in [-0.3, -0.25) is 4.79 Å². The van der Waals surface area contributed by atoms with Gasteiger partial charge in [-0.2, -0.15) is 4.98 Å². The van der Waals surface area contributed by atoms with Crippen LogP contribution >= 0.6 is 11.3 Å². The molecule has 3 heterocycles. The molecule has 0 unspecified atom stereocenters. The highest BCUT2D eigenvalue weighted by Crippen LogP contribution is 2.29. The number of carbonyl (C=O) groups excluding carboxylic acids is 1. The van der Waals surface area contributed by atoms with Gasteiger partial charge < -0.3 is 9.42 Å². The molecule has 1 aliphatic rings. The molecule has 1 aromatic carbocycles. The van der Waals surface area contributed by atoms with E-state index in [0.29, 0.717) is 30.9 Å². The first-order valence-corrected chi connectivity index (χ1v) is 8.47. The summed E-state index contributed by atoms with van der Waals surface area (Å²) in [6, 6.07) is 10.0. The van der Waals surface area contributed by atoms with Crippen LogP contribution in [0.4, 0.5) is 4.39 Å². The number of rotatable bonds is 4. The Balaban J connectivity index is 1.50. The number of amides is 1. The summed E-state index contributed by atoms with van der Waals surface area (Å²) in [5, 5.41) is 5.98. The molecule has 0 N–H and O–H groups in total. The van der Waals surface area contributed by atoms with Gasteiger partial charge in [0.05, 0.1) is 6.54 Å². The molecule has 24 heavy (non-hydrogen) atoms. The van der Waals surface area contributed by atoms with Crippen LogP contribution in [0.1, 0.15) is 23.0 Å². The van der Waals surface area contributed by atoms with Crippen molar-refractivity contribution in [1.82, 2.24) is 15.0 Å². The van der Waals surface area contributed by atoms with E-state index < -0.39 is 0 Å². The topological polar surface area (TPSA) is 59.2 Å². The molecule has 0 spiro atoms. The molecule has 2 aromatic heterocycles. The Morgan fingerprint density at radius 2 is 2.25 bits per heavy atom. The van der Waals surface area contributed by atoms with Crippen LogP contribution in [-0.4, -0.2) is 27.5 Å². The number of halogens is 1. The summed E-state index contributed by atoms with van der Waals surface area (Å²) < 4.78 is 18.5. The van der Waals surface area contributed by atoms with E-state index in [0.717, 1.165) is 4.88 Å². The van der Waals surface area contributed by atoms with Crippen molar-refractivity contribution in [3.05, 3.63) is 58.3 Å². The molecule has 1 amide bonds. The van der Waals surface area contributed by atoms with Gasteiger partial charge in [0.15, 0.2) is 5.82 Å². The number of hydrogen-bond acceptors (Lipinski definition) is 5. The highest BCUT2D eigenvalue weighted by atomic mass is 32.1. The number of thiophene rings is 1. The summed E-state index contributed by atoms with van der Waals surface area (Å²) in [5.74, 6) is 0.407. The average molecular weight is 343 g/mol. The number of nitrogens with zero attached hydrogens (tertiary/aromatic N) is 3. The van der Waals surface area contributed by atoms with Crippen LogP contribution in [0.5, 0.6) is 0 Å². The Bertz CT molecular complexity index is 862. The van der Waals surface area contributed by atoms with E-state index in [9.17, 15) is 9.18 Å². The van der Waals surface area contributed by atoms with Gasteiger partial charge >= 0.3 is 0 Å². The molecule has 1 aliphatic heterocycles. The van der Waals surface area contributed by atoms with Crippen molar-refractivity contribution in [1.29, 1.82) is 0 Å². The van der Waals surface area contributed by atoms with Crippen molar-refractivity contribution in [2.24, 2.45) is 0 Å².